The SMILES string of the molecule is CC(=O)C1(c2cc(C(C=C(N)C(F)(F)F)=Nc3ccccc3)cc(OC3CCN(C)CC3)c2C)CCC1. The highest BCUT2D eigenvalue weighted by Crippen LogP contribution is 2.48. The summed E-state index contributed by atoms with van der Waals surface area (Å²) in [7, 11) is 2.07. The van der Waals surface area contributed by atoms with Crippen LogP contribution in [0.2, 0.25) is 0 Å². The highest BCUT2D eigenvalue weighted by atomic mass is 19.4. The number of hydrogen-bond donors (Lipinski definition) is 1. The second-order valence-electron chi connectivity index (χ2n) is 10.2. The number of nitrogens with two attached hydrogens (primary N) is 1. The zero-order valence-electron chi connectivity index (χ0n) is 21.6. The first-order valence-corrected chi connectivity index (χ1v) is 12.7. The Morgan fingerprint density at radius 2 is 1.81 bits per heavy atom. The summed E-state index contributed by atoms with van der Waals surface area (Å²) in [4.78, 5) is 19.6. The van der Waals surface area contributed by atoms with Gasteiger partial charge >= 0.3 is 6.18 Å². The van der Waals surface area contributed by atoms with Crippen molar-refractivity contribution in [2.75, 3.05) is 20.1 Å². The maximum atomic E-state index is 13.5. The Morgan fingerprint density at radius 1 is 1.16 bits per heavy atom. The number of allylic oxidation sites excluding steroid dienone is 2. The minimum Gasteiger partial charge on any atom is -0.490 e. The third kappa shape index (κ3) is 5.90. The summed E-state index contributed by atoms with van der Waals surface area (Å²) in [6, 6.07) is 12.3. The van der Waals surface area contributed by atoms with Gasteiger partial charge in [-0.15, -0.1) is 0 Å². The number of carbonyl (C=O) groups is 1. The standard InChI is InChI=1S/C29H34F3N3O2/c1-19-24(28(20(2)36)12-7-13-28)16-21(17-26(19)37-23-10-14-35(3)15-11-23)25(18-27(33)29(30,31)32)34-22-8-5-4-6-9-22/h4-6,8-9,16-18,23H,7,10-15,33H2,1-3H3. The van der Waals surface area contributed by atoms with Crippen LogP contribution in [0, 0.1) is 6.92 Å². The minimum atomic E-state index is -4.70. The molecular formula is C29H34F3N3O2. The minimum absolute atomic E-state index is 0.0158. The molecule has 1 saturated heterocycles. The van der Waals surface area contributed by atoms with E-state index in [2.05, 4.69) is 16.9 Å². The quantitative estimate of drug-likeness (QED) is 0.461. The number of piperidine rings is 1. The van der Waals surface area contributed by atoms with Crippen molar-refractivity contribution in [1.29, 1.82) is 0 Å². The van der Waals surface area contributed by atoms with Gasteiger partial charge in [0, 0.05) is 18.7 Å². The molecule has 0 amide bonds. The summed E-state index contributed by atoms with van der Waals surface area (Å²) in [5.41, 5.74) is 6.18. The Balaban J connectivity index is 1.88. The smallest absolute Gasteiger partial charge is 0.430 e. The van der Waals surface area contributed by atoms with Crippen LogP contribution < -0.4 is 10.5 Å². The number of alkyl halides is 3. The van der Waals surface area contributed by atoms with E-state index in [-0.39, 0.29) is 17.6 Å². The molecular weight excluding hydrogens is 479 g/mol. The fraction of sp³-hybridized carbons (Fsp3) is 0.448. The van der Waals surface area contributed by atoms with Gasteiger partial charge in [-0.05, 0) is 88.0 Å². The van der Waals surface area contributed by atoms with Gasteiger partial charge in [-0.3, -0.25) is 4.79 Å². The van der Waals surface area contributed by atoms with E-state index in [4.69, 9.17) is 10.5 Å². The number of ether oxygens (including phenoxy) is 1. The zero-order chi connectivity index (χ0) is 26.8. The van der Waals surface area contributed by atoms with Crippen molar-refractivity contribution in [2.45, 2.75) is 63.6 Å². The van der Waals surface area contributed by atoms with Crippen LogP contribution in [0.5, 0.6) is 5.75 Å². The van der Waals surface area contributed by atoms with Crippen LogP contribution in [-0.4, -0.2) is 48.8 Å². The predicted octanol–water partition coefficient (Wildman–Crippen LogP) is 6.00. The molecule has 0 unspecified atom stereocenters. The van der Waals surface area contributed by atoms with Crippen molar-refractivity contribution >= 4 is 17.2 Å². The number of Topliss-reactive ketones (excluding diaryl/α,β-unsaturated/α-hetero) is 1. The summed E-state index contributed by atoms with van der Waals surface area (Å²) in [5, 5.41) is 0. The molecule has 2 aromatic carbocycles. The van der Waals surface area contributed by atoms with Gasteiger partial charge in [-0.25, -0.2) is 4.99 Å². The summed E-state index contributed by atoms with van der Waals surface area (Å²) >= 11 is 0. The number of aliphatic imine (C=N–C) groups is 1. The highest BCUT2D eigenvalue weighted by molar-refractivity contribution is 6.11. The molecule has 0 aromatic heterocycles. The largest absolute Gasteiger partial charge is 0.490 e. The van der Waals surface area contributed by atoms with Gasteiger partial charge < -0.3 is 15.4 Å². The van der Waals surface area contributed by atoms with Crippen molar-refractivity contribution in [3.05, 3.63) is 70.9 Å². The lowest BCUT2D eigenvalue weighted by Crippen LogP contribution is -2.42. The second-order valence-corrected chi connectivity index (χ2v) is 10.2. The van der Waals surface area contributed by atoms with Gasteiger partial charge in [0.05, 0.1) is 16.8 Å². The van der Waals surface area contributed by atoms with Gasteiger partial charge in [0.2, 0.25) is 0 Å². The number of hydrogen-bond acceptors (Lipinski definition) is 5. The number of para-hydroxylation sites is 1. The molecule has 0 bridgehead atoms. The molecule has 2 fully saturated rings. The van der Waals surface area contributed by atoms with E-state index in [0.717, 1.165) is 49.6 Å². The normalized spacial score (nSPS) is 19.4. The van der Waals surface area contributed by atoms with Gasteiger partial charge in [-0.1, -0.05) is 24.6 Å². The molecule has 1 aliphatic heterocycles. The third-order valence-electron chi connectivity index (χ3n) is 7.64. The molecule has 1 heterocycles. The Hall–Kier alpha value is -3.13. The van der Waals surface area contributed by atoms with E-state index < -0.39 is 17.3 Å². The molecule has 5 nitrogen and oxygen atoms in total. The van der Waals surface area contributed by atoms with E-state index in [9.17, 15) is 18.0 Å². The lowest BCUT2D eigenvalue weighted by Gasteiger charge is -2.42. The molecule has 4 rings (SSSR count). The average molecular weight is 514 g/mol. The molecule has 198 valence electrons. The van der Waals surface area contributed by atoms with Crippen molar-refractivity contribution in [3.63, 3.8) is 0 Å². The van der Waals surface area contributed by atoms with E-state index in [1.165, 1.54) is 0 Å². The molecule has 0 radical (unpaired) electrons. The van der Waals surface area contributed by atoms with Crippen molar-refractivity contribution in [2.24, 2.45) is 10.7 Å². The lowest BCUT2D eigenvalue weighted by molar-refractivity contribution is -0.125. The number of nitrogens with zero attached hydrogens (tertiary/aromatic N) is 2. The predicted molar refractivity (Wildman–Crippen MR) is 140 cm³/mol. The van der Waals surface area contributed by atoms with Crippen LogP contribution >= 0.6 is 0 Å². The number of likely N-dealkylation sites (tertiary alicyclic amines) is 1. The summed E-state index contributed by atoms with van der Waals surface area (Å²) in [5.74, 6) is 0.630. The number of ketones is 1. The first-order valence-electron chi connectivity index (χ1n) is 12.7. The molecule has 1 saturated carbocycles. The fourth-order valence-electron chi connectivity index (χ4n) is 5.13. The number of carbonyl (C=O) groups excluding carboxylic acids is 1. The topological polar surface area (TPSA) is 67.9 Å². The van der Waals surface area contributed by atoms with Crippen LogP contribution in [0.1, 0.15) is 55.7 Å². The van der Waals surface area contributed by atoms with E-state index in [0.29, 0.717) is 29.8 Å². The first kappa shape index (κ1) is 26.9. The summed E-state index contributed by atoms with van der Waals surface area (Å²) in [6.45, 7) is 5.32. The summed E-state index contributed by atoms with van der Waals surface area (Å²) < 4.78 is 46.9. The van der Waals surface area contributed by atoms with E-state index in [1.807, 2.05) is 13.0 Å². The maximum Gasteiger partial charge on any atom is 0.430 e. The van der Waals surface area contributed by atoms with E-state index in [1.54, 1.807) is 43.3 Å². The Labute approximate surface area is 216 Å². The molecule has 37 heavy (non-hydrogen) atoms. The highest BCUT2D eigenvalue weighted by Gasteiger charge is 2.45. The van der Waals surface area contributed by atoms with Crippen LogP contribution in [0.25, 0.3) is 0 Å². The lowest BCUT2D eigenvalue weighted by atomic mass is 9.61. The molecule has 0 atom stereocenters. The zero-order valence-corrected chi connectivity index (χ0v) is 21.6. The Bertz CT molecular complexity index is 1190. The Kier molecular flexibility index (Phi) is 7.78. The van der Waals surface area contributed by atoms with Gasteiger partial charge in [0.15, 0.2) is 0 Å². The molecule has 2 aliphatic rings. The maximum absolute atomic E-state index is 13.5. The van der Waals surface area contributed by atoms with Crippen molar-refractivity contribution in [1.82, 2.24) is 4.90 Å². The van der Waals surface area contributed by atoms with Gasteiger partial charge in [0.25, 0.3) is 0 Å². The average Bonchev–Trinajstić information content (AvgIpc) is 2.81. The number of benzene rings is 2. The monoisotopic (exact) mass is 513 g/mol. The summed E-state index contributed by atoms with van der Waals surface area (Å²) in [6.07, 6.45) is 0.157. The van der Waals surface area contributed by atoms with Crippen LogP contribution in [-0.2, 0) is 10.2 Å². The third-order valence-corrected chi connectivity index (χ3v) is 7.64. The van der Waals surface area contributed by atoms with Gasteiger partial charge in [0.1, 0.15) is 23.3 Å². The van der Waals surface area contributed by atoms with Crippen molar-refractivity contribution < 1.29 is 22.7 Å². The van der Waals surface area contributed by atoms with Crippen LogP contribution in [0.15, 0.2) is 59.2 Å². The van der Waals surface area contributed by atoms with E-state index >= 15 is 0 Å². The molecule has 0 spiro atoms. The van der Waals surface area contributed by atoms with Crippen LogP contribution in [0.3, 0.4) is 0 Å². The van der Waals surface area contributed by atoms with Gasteiger partial charge in [-0.2, -0.15) is 13.2 Å². The number of halogens is 3. The van der Waals surface area contributed by atoms with Crippen molar-refractivity contribution in [3.8, 4) is 5.75 Å². The fourth-order valence-corrected chi connectivity index (χ4v) is 5.13. The molecule has 2 N–H and O–H groups in total. The first-order chi connectivity index (χ1) is 17.5. The molecule has 1 aliphatic carbocycles. The molecule has 8 heteroatoms. The van der Waals surface area contributed by atoms with Crippen LogP contribution in [0.4, 0.5) is 18.9 Å². The second kappa shape index (κ2) is 10.7. The molecule has 2 aromatic rings. The number of rotatable bonds is 7. The Morgan fingerprint density at radius 3 is 2.35 bits per heavy atom.